The fraction of sp³-hybridized carbons (Fsp3) is 0.423. The van der Waals surface area contributed by atoms with E-state index in [1.165, 1.54) is 0 Å². The molecule has 0 radical (unpaired) electrons. The zero-order valence-electron chi connectivity index (χ0n) is 20.2. The molecule has 186 valence electrons. The minimum absolute atomic E-state index is 0.0407. The summed E-state index contributed by atoms with van der Waals surface area (Å²) in [5.41, 5.74) is 1.31. The zero-order valence-corrected chi connectivity index (χ0v) is 20.2. The first-order chi connectivity index (χ1) is 16.9. The number of likely N-dealkylation sites (N-methyl/N-ethyl adjacent to an activating group) is 1. The fourth-order valence-electron chi connectivity index (χ4n) is 4.55. The number of fused-ring (bicyclic) bond motifs is 2. The van der Waals surface area contributed by atoms with Gasteiger partial charge in [0.2, 0.25) is 5.91 Å². The second-order valence-corrected chi connectivity index (χ2v) is 8.72. The largest absolute Gasteiger partial charge is 0.497 e. The molecule has 3 amide bonds. The third-order valence-corrected chi connectivity index (χ3v) is 6.39. The zero-order chi connectivity index (χ0) is 24.9. The number of benzene rings is 2. The molecule has 0 bridgehead atoms. The Kier molecular flexibility index (Phi) is 7.55. The topological polar surface area (TPSA) is 106 Å². The molecular formula is C26H31N3O6. The van der Waals surface area contributed by atoms with Crippen LogP contribution in [0.5, 0.6) is 11.5 Å². The van der Waals surface area contributed by atoms with E-state index >= 15 is 0 Å². The number of methoxy groups -OCH3 is 1. The molecule has 0 aliphatic carbocycles. The summed E-state index contributed by atoms with van der Waals surface area (Å²) in [5, 5.41) is 5.64. The van der Waals surface area contributed by atoms with Crippen molar-refractivity contribution in [2.75, 3.05) is 32.6 Å². The molecule has 1 saturated heterocycles. The summed E-state index contributed by atoms with van der Waals surface area (Å²) in [4.78, 5) is 39.8. The lowest BCUT2D eigenvalue weighted by molar-refractivity contribution is -0.133. The third kappa shape index (κ3) is 5.57. The second-order valence-electron chi connectivity index (χ2n) is 8.72. The average molecular weight is 482 g/mol. The SMILES string of the molecule is CCNC(=O)C[C@H]1CC[C@@H]2[C@H](COc3ccc(NC(=O)c4cccc(OC)c4)cc3C(=O)N2C)O1. The maximum absolute atomic E-state index is 13.4. The van der Waals surface area contributed by atoms with Crippen LogP contribution in [0.25, 0.3) is 0 Å². The number of carbonyl (C=O) groups is 3. The molecule has 1 fully saturated rings. The Morgan fingerprint density at radius 2 is 2.00 bits per heavy atom. The second kappa shape index (κ2) is 10.8. The number of carbonyl (C=O) groups excluding carboxylic acids is 3. The molecule has 0 spiro atoms. The first-order valence-electron chi connectivity index (χ1n) is 11.8. The van der Waals surface area contributed by atoms with Crippen LogP contribution in [0, 0.1) is 0 Å². The number of amides is 3. The van der Waals surface area contributed by atoms with E-state index in [9.17, 15) is 14.4 Å². The van der Waals surface area contributed by atoms with Crippen molar-refractivity contribution in [3.8, 4) is 11.5 Å². The van der Waals surface area contributed by atoms with Gasteiger partial charge >= 0.3 is 0 Å². The summed E-state index contributed by atoms with van der Waals surface area (Å²) in [6.07, 6.45) is 1.14. The normalized spacial score (nSPS) is 21.5. The van der Waals surface area contributed by atoms with Crippen molar-refractivity contribution in [3.05, 3.63) is 53.6 Å². The van der Waals surface area contributed by atoms with Crippen molar-refractivity contribution in [2.45, 2.75) is 44.4 Å². The van der Waals surface area contributed by atoms with E-state index in [1.54, 1.807) is 61.5 Å². The smallest absolute Gasteiger partial charge is 0.257 e. The van der Waals surface area contributed by atoms with Crippen molar-refractivity contribution >= 4 is 23.4 Å². The lowest BCUT2D eigenvalue weighted by Gasteiger charge is -2.42. The molecule has 4 rings (SSSR count). The van der Waals surface area contributed by atoms with Gasteiger partial charge in [0.1, 0.15) is 24.2 Å². The average Bonchev–Trinajstić information content (AvgIpc) is 2.86. The Bertz CT molecular complexity index is 1100. The lowest BCUT2D eigenvalue weighted by Crippen LogP contribution is -2.54. The van der Waals surface area contributed by atoms with E-state index in [0.29, 0.717) is 54.1 Å². The summed E-state index contributed by atoms with van der Waals surface area (Å²) in [7, 11) is 3.30. The Morgan fingerprint density at radius 3 is 2.77 bits per heavy atom. The standard InChI is InChI=1S/C26H31N3O6/c1-4-27-24(30)14-19-9-10-21-23(35-19)15-34-22-11-8-17(13-20(22)26(32)29(21)2)28-25(31)16-6-5-7-18(12-16)33-3/h5-8,11-13,19,21,23H,4,9-10,14-15H2,1-3H3,(H,27,30)(H,28,31)/t19-,21-,23+/m1/s1. The molecule has 2 aromatic carbocycles. The Hall–Kier alpha value is -3.59. The molecule has 9 nitrogen and oxygen atoms in total. The molecule has 0 aromatic heterocycles. The third-order valence-electron chi connectivity index (χ3n) is 6.39. The number of hydrogen-bond donors (Lipinski definition) is 2. The van der Waals surface area contributed by atoms with E-state index < -0.39 is 0 Å². The summed E-state index contributed by atoms with van der Waals surface area (Å²) in [6, 6.07) is 11.7. The van der Waals surface area contributed by atoms with Gasteiger partial charge in [-0.15, -0.1) is 0 Å². The predicted octanol–water partition coefficient (Wildman–Crippen LogP) is 2.85. The quantitative estimate of drug-likeness (QED) is 0.657. The highest BCUT2D eigenvalue weighted by molar-refractivity contribution is 6.05. The van der Waals surface area contributed by atoms with Gasteiger partial charge in [0.25, 0.3) is 11.8 Å². The molecule has 35 heavy (non-hydrogen) atoms. The van der Waals surface area contributed by atoms with Gasteiger partial charge in [-0.3, -0.25) is 14.4 Å². The van der Waals surface area contributed by atoms with Gasteiger partial charge in [0, 0.05) is 24.8 Å². The van der Waals surface area contributed by atoms with Crippen LogP contribution >= 0.6 is 0 Å². The van der Waals surface area contributed by atoms with Gasteiger partial charge in [-0.25, -0.2) is 0 Å². The molecule has 2 N–H and O–H groups in total. The molecule has 2 heterocycles. The predicted molar refractivity (Wildman–Crippen MR) is 130 cm³/mol. The minimum atomic E-state index is -0.335. The summed E-state index contributed by atoms with van der Waals surface area (Å²) in [5.74, 6) is 0.446. The molecular weight excluding hydrogens is 450 g/mol. The summed E-state index contributed by atoms with van der Waals surface area (Å²) in [6.45, 7) is 2.72. The van der Waals surface area contributed by atoms with E-state index in [2.05, 4.69) is 10.6 Å². The first kappa shape index (κ1) is 24.5. The van der Waals surface area contributed by atoms with Crippen molar-refractivity contribution in [1.82, 2.24) is 10.2 Å². The summed E-state index contributed by atoms with van der Waals surface area (Å²) < 4.78 is 17.3. The number of ether oxygens (including phenoxy) is 3. The Balaban J connectivity index is 1.49. The molecule has 2 aliphatic heterocycles. The number of rotatable bonds is 6. The molecule has 3 atom stereocenters. The van der Waals surface area contributed by atoms with Crippen molar-refractivity contribution in [3.63, 3.8) is 0 Å². The number of hydrogen-bond acceptors (Lipinski definition) is 6. The van der Waals surface area contributed by atoms with Crippen LogP contribution in [0.1, 0.15) is 46.9 Å². The fourth-order valence-corrected chi connectivity index (χ4v) is 4.55. The van der Waals surface area contributed by atoms with Gasteiger partial charge in [-0.05, 0) is 56.2 Å². The maximum Gasteiger partial charge on any atom is 0.257 e. The van der Waals surface area contributed by atoms with Crippen molar-refractivity contribution < 1.29 is 28.6 Å². The monoisotopic (exact) mass is 481 g/mol. The number of anilines is 1. The maximum atomic E-state index is 13.4. The summed E-state index contributed by atoms with van der Waals surface area (Å²) >= 11 is 0. The van der Waals surface area contributed by atoms with Crippen LogP contribution in [0.15, 0.2) is 42.5 Å². The minimum Gasteiger partial charge on any atom is -0.497 e. The van der Waals surface area contributed by atoms with Crippen LogP contribution in [0.4, 0.5) is 5.69 Å². The van der Waals surface area contributed by atoms with Gasteiger partial charge in [0.15, 0.2) is 0 Å². The van der Waals surface area contributed by atoms with Gasteiger partial charge in [-0.1, -0.05) is 6.07 Å². The lowest BCUT2D eigenvalue weighted by atomic mass is 9.94. The van der Waals surface area contributed by atoms with E-state index in [4.69, 9.17) is 14.2 Å². The van der Waals surface area contributed by atoms with Crippen LogP contribution in [0.3, 0.4) is 0 Å². The van der Waals surface area contributed by atoms with Gasteiger partial charge in [0.05, 0.1) is 31.2 Å². The highest BCUT2D eigenvalue weighted by Gasteiger charge is 2.39. The first-order valence-corrected chi connectivity index (χ1v) is 11.8. The van der Waals surface area contributed by atoms with Gasteiger partial charge in [-0.2, -0.15) is 0 Å². The van der Waals surface area contributed by atoms with Crippen LogP contribution in [-0.2, 0) is 9.53 Å². The van der Waals surface area contributed by atoms with E-state index in [1.807, 2.05) is 6.92 Å². The molecule has 0 unspecified atom stereocenters. The highest BCUT2D eigenvalue weighted by atomic mass is 16.5. The molecule has 2 aliphatic rings. The van der Waals surface area contributed by atoms with Crippen molar-refractivity contribution in [2.24, 2.45) is 0 Å². The van der Waals surface area contributed by atoms with Crippen molar-refractivity contribution in [1.29, 1.82) is 0 Å². The van der Waals surface area contributed by atoms with E-state index in [-0.39, 0.29) is 42.6 Å². The highest BCUT2D eigenvalue weighted by Crippen LogP contribution is 2.32. The Labute approximate surface area is 204 Å². The Morgan fingerprint density at radius 1 is 1.17 bits per heavy atom. The number of nitrogens with zero attached hydrogens (tertiary/aromatic N) is 1. The van der Waals surface area contributed by atoms with Crippen LogP contribution in [-0.4, -0.2) is 68.2 Å². The molecule has 0 saturated carbocycles. The number of nitrogens with one attached hydrogen (secondary N) is 2. The molecule has 9 heteroatoms. The van der Waals surface area contributed by atoms with Crippen LogP contribution in [0.2, 0.25) is 0 Å². The van der Waals surface area contributed by atoms with Crippen LogP contribution < -0.4 is 20.1 Å². The van der Waals surface area contributed by atoms with Gasteiger partial charge < -0.3 is 29.7 Å². The van der Waals surface area contributed by atoms with E-state index in [0.717, 1.165) is 0 Å². The molecule has 2 aromatic rings.